The minimum Gasteiger partial charge on any atom is -0.496 e. The Morgan fingerprint density at radius 1 is 1.35 bits per heavy atom. The van der Waals surface area contributed by atoms with Gasteiger partial charge in [0.2, 0.25) is 0 Å². The largest absolute Gasteiger partial charge is 0.496 e. The lowest BCUT2D eigenvalue weighted by molar-refractivity contribution is 0.403. The van der Waals surface area contributed by atoms with Gasteiger partial charge < -0.3 is 10.1 Å². The minimum atomic E-state index is 0.0924. The summed E-state index contributed by atoms with van der Waals surface area (Å²) in [4.78, 5) is 4.65. The molecule has 0 amide bonds. The Balaban J connectivity index is 2.42. The number of thiazole rings is 1. The van der Waals surface area contributed by atoms with E-state index >= 15 is 0 Å². The van der Waals surface area contributed by atoms with Crippen LogP contribution in [0.2, 0.25) is 0 Å². The van der Waals surface area contributed by atoms with Crippen LogP contribution in [0.25, 0.3) is 0 Å². The third-order valence-electron chi connectivity index (χ3n) is 3.23. The van der Waals surface area contributed by atoms with Gasteiger partial charge in [0.1, 0.15) is 5.75 Å². The predicted molar refractivity (Wildman–Crippen MR) is 84.7 cm³/mol. The molecule has 0 aliphatic carbocycles. The molecule has 2 rings (SSSR count). The average molecular weight is 290 g/mol. The highest BCUT2D eigenvalue weighted by molar-refractivity contribution is 7.09. The van der Waals surface area contributed by atoms with Gasteiger partial charge in [-0.3, -0.25) is 0 Å². The Hall–Kier alpha value is -1.39. The summed E-state index contributed by atoms with van der Waals surface area (Å²) in [5.41, 5.74) is 3.46. The van der Waals surface area contributed by atoms with Gasteiger partial charge in [-0.15, -0.1) is 11.3 Å². The van der Waals surface area contributed by atoms with Crippen LogP contribution in [0.4, 0.5) is 0 Å². The predicted octanol–water partition coefficient (Wildman–Crippen LogP) is 3.86. The lowest BCUT2D eigenvalue weighted by Crippen LogP contribution is -2.24. The summed E-state index contributed by atoms with van der Waals surface area (Å²) in [6.07, 6.45) is 1.09. The number of aromatic nitrogens is 1. The van der Waals surface area contributed by atoms with Crippen LogP contribution in [-0.4, -0.2) is 18.6 Å². The van der Waals surface area contributed by atoms with Crippen LogP contribution in [0.15, 0.2) is 23.6 Å². The first kappa shape index (κ1) is 15.0. The van der Waals surface area contributed by atoms with E-state index in [4.69, 9.17) is 4.74 Å². The van der Waals surface area contributed by atoms with Crippen molar-refractivity contribution in [2.45, 2.75) is 33.2 Å². The summed E-state index contributed by atoms with van der Waals surface area (Å²) in [5.74, 6) is 0.912. The summed E-state index contributed by atoms with van der Waals surface area (Å²) in [7, 11) is 1.72. The van der Waals surface area contributed by atoms with Crippen molar-refractivity contribution in [3.8, 4) is 5.75 Å². The van der Waals surface area contributed by atoms with Gasteiger partial charge in [0.05, 0.1) is 23.9 Å². The lowest BCUT2D eigenvalue weighted by Gasteiger charge is -2.20. The van der Waals surface area contributed by atoms with Gasteiger partial charge in [-0.05, 0) is 32.9 Å². The van der Waals surface area contributed by atoms with E-state index < -0.39 is 0 Å². The van der Waals surface area contributed by atoms with Crippen LogP contribution < -0.4 is 10.1 Å². The second-order valence-electron chi connectivity index (χ2n) is 4.92. The topological polar surface area (TPSA) is 34.2 Å². The average Bonchev–Trinajstić information content (AvgIpc) is 2.86. The van der Waals surface area contributed by atoms with Gasteiger partial charge in [-0.1, -0.05) is 24.6 Å². The number of ether oxygens (including phenoxy) is 1. The van der Waals surface area contributed by atoms with Crippen molar-refractivity contribution >= 4 is 11.3 Å². The number of rotatable bonds is 6. The van der Waals surface area contributed by atoms with E-state index in [0.29, 0.717) is 0 Å². The molecule has 0 radical (unpaired) electrons. The van der Waals surface area contributed by atoms with Crippen LogP contribution in [0.5, 0.6) is 5.75 Å². The van der Waals surface area contributed by atoms with Crippen molar-refractivity contribution in [3.63, 3.8) is 0 Å². The Kier molecular flexibility index (Phi) is 5.15. The second-order valence-corrected chi connectivity index (χ2v) is 5.99. The molecule has 1 unspecified atom stereocenters. The number of aryl methyl sites for hydroxylation is 2. The molecule has 108 valence electrons. The van der Waals surface area contributed by atoms with Gasteiger partial charge in [-0.25, -0.2) is 4.98 Å². The molecule has 0 aliphatic rings. The van der Waals surface area contributed by atoms with Crippen LogP contribution in [0.1, 0.15) is 41.2 Å². The summed E-state index contributed by atoms with van der Waals surface area (Å²) in [5, 5.41) is 6.80. The molecular weight excluding hydrogens is 268 g/mol. The zero-order chi connectivity index (χ0) is 14.5. The van der Waals surface area contributed by atoms with Gasteiger partial charge >= 0.3 is 0 Å². The van der Waals surface area contributed by atoms with Gasteiger partial charge in [0.25, 0.3) is 0 Å². The zero-order valence-electron chi connectivity index (χ0n) is 12.6. The molecule has 1 aromatic heterocycles. The van der Waals surface area contributed by atoms with E-state index in [1.54, 1.807) is 18.4 Å². The second kappa shape index (κ2) is 6.86. The number of methoxy groups -OCH3 is 1. The molecule has 0 spiro atoms. The van der Waals surface area contributed by atoms with Gasteiger partial charge in [0, 0.05) is 10.9 Å². The molecule has 0 aliphatic heterocycles. The molecule has 1 heterocycles. The fraction of sp³-hybridized carbons (Fsp3) is 0.438. The Morgan fingerprint density at radius 2 is 2.15 bits per heavy atom. The molecule has 0 bridgehead atoms. The Bertz CT molecular complexity index is 565. The van der Waals surface area contributed by atoms with E-state index in [1.165, 1.54) is 5.56 Å². The van der Waals surface area contributed by atoms with Crippen molar-refractivity contribution in [1.29, 1.82) is 0 Å². The third-order valence-corrected chi connectivity index (χ3v) is 4.02. The molecule has 0 fully saturated rings. The summed E-state index contributed by atoms with van der Waals surface area (Å²) < 4.78 is 5.53. The molecular formula is C16H22N2OS. The zero-order valence-corrected chi connectivity index (χ0v) is 13.4. The smallest absolute Gasteiger partial charge is 0.124 e. The molecule has 1 aromatic carbocycles. The normalized spacial score (nSPS) is 12.4. The number of nitrogens with one attached hydrogen (secondary N) is 1. The SMILES string of the molecule is CCCNC(c1csc(C)n1)c1cc(C)ccc1OC. The molecule has 4 heteroatoms. The first-order valence-electron chi connectivity index (χ1n) is 6.95. The first-order chi connectivity index (χ1) is 9.65. The fourth-order valence-corrected chi connectivity index (χ4v) is 2.89. The summed E-state index contributed by atoms with van der Waals surface area (Å²) >= 11 is 1.69. The molecule has 0 saturated heterocycles. The highest BCUT2D eigenvalue weighted by Gasteiger charge is 2.20. The lowest BCUT2D eigenvalue weighted by atomic mass is 10.0. The third kappa shape index (κ3) is 3.38. The highest BCUT2D eigenvalue weighted by atomic mass is 32.1. The molecule has 1 atom stereocenters. The van der Waals surface area contributed by atoms with E-state index in [9.17, 15) is 0 Å². The first-order valence-corrected chi connectivity index (χ1v) is 7.83. The Morgan fingerprint density at radius 3 is 2.75 bits per heavy atom. The van der Waals surface area contributed by atoms with Gasteiger partial charge in [0.15, 0.2) is 0 Å². The molecule has 20 heavy (non-hydrogen) atoms. The maximum Gasteiger partial charge on any atom is 0.124 e. The quantitative estimate of drug-likeness (QED) is 0.877. The van der Waals surface area contributed by atoms with Crippen LogP contribution in [0.3, 0.4) is 0 Å². The van der Waals surface area contributed by atoms with Crippen molar-refractivity contribution in [3.05, 3.63) is 45.4 Å². The van der Waals surface area contributed by atoms with E-state index in [2.05, 4.69) is 41.7 Å². The molecule has 0 saturated carbocycles. The van der Waals surface area contributed by atoms with E-state index in [1.807, 2.05) is 13.0 Å². The van der Waals surface area contributed by atoms with Crippen LogP contribution in [-0.2, 0) is 0 Å². The Labute approximate surface area is 125 Å². The minimum absolute atomic E-state index is 0.0924. The fourth-order valence-electron chi connectivity index (χ4n) is 2.25. The van der Waals surface area contributed by atoms with Crippen molar-refractivity contribution in [2.75, 3.05) is 13.7 Å². The van der Waals surface area contributed by atoms with Crippen LogP contribution in [0, 0.1) is 13.8 Å². The summed E-state index contributed by atoms with van der Waals surface area (Å²) in [6, 6.07) is 6.38. The van der Waals surface area contributed by atoms with Crippen molar-refractivity contribution in [1.82, 2.24) is 10.3 Å². The number of hydrogen-bond acceptors (Lipinski definition) is 4. The molecule has 2 aromatic rings. The summed E-state index contributed by atoms with van der Waals surface area (Å²) in [6.45, 7) is 7.27. The van der Waals surface area contributed by atoms with Crippen molar-refractivity contribution in [2.24, 2.45) is 0 Å². The molecule has 3 nitrogen and oxygen atoms in total. The number of hydrogen-bond donors (Lipinski definition) is 1. The monoisotopic (exact) mass is 290 g/mol. The standard InChI is InChI=1S/C16H22N2OS/c1-5-8-17-16(14-10-20-12(3)18-14)13-9-11(2)6-7-15(13)19-4/h6-7,9-10,16-17H,5,8H2,1-4H3. The van der Waals surface area contributed by atoms with Crippen LogP contribution >= 0.6 is 11.3 Å². The number of benzene rings is 1. The van der Waals surface area contributed by atoms with E-state index in [0.717, 1.165) is 35.0 Å². The maximum atomic E-state index is 5.53. The molecule has 1 N–H and O–H groups in total. The highest BCUT2D eigenvalue weighted by Crippen LogP contribution is 2.31. The van der Waals surface area contributed by atoms with Crippen molar-refractivity contribution < 1.29 is 4.74 Å². The number of nitrogens with zero attached hydrogens (tertiary/aromatic N) is 1. The van der Waals surface area contributed by atoms with E-state index in [-0.39, 0.29) is 6.04 Å². The van der Waals surface area contributed by atoms with Gasteiger partial charge in [-0.2, -0.15) is 0 Å². The maximum absolute atomic E-state index is 5.53.